The molecule has 0 saturated heterocycles. The average Bonchev–Trinajstić information content (AvgIpc) is 2.27. The molecule has 0 aromatic rings. The molecule has 0 radical (unpaired) electrons. The van der Waals surface area contributed by atoms with E-state index in [4.69, 9.17) is 4.74 Å². The second-order valence-electron chi connectivity index (χ2n) is 5.76. The fraction of sp³-hybridized carbons (Fsp3) is 1.00. The molecule has 0 bridgehead atoms. The van der Waals surface area contributed by atoms with Crippen molar-refractivity contribution in [2.75, 3.05) is 6.61 Å². The van der Waals surface area contributed by atoms with E-state index in [2.05, 4.69) is 27.7 Å². The number of hydrogen-bond donors (Lipinski definition) is 0. The lowest BCUT2D eigenvalue weighted by atomic mass is 9.78. The largest absolute Gasteiger partial charge is 0.375 e. The second-order valence-corrected chi connectivity index (χ2v) is 5.76. The molecule has 0 heterocycles. The molecule has 0 aromatic carbocycles. The molecule has 1 aliphatic carbocycles. The fourth-order valence-corrected chi connectivity index (χ4v) is 2.39. The van der Waals surface area contributed by atoms with Crippen molar-refractivity contribution in [2.45, 2.75) is 71.8 Å². The van der Waals surface area contributed by atoms with E-state index in [1.54, 1.807) is 0 Å². The number of hydrogen-bond acceptors (Lipinski definition) is 1. The molecule has 0 aromatic heterocycles. The van der Waals surface area contributed by atoms with Crippen LogP contribution in [0, 0.1) is 11.8 Å². The Hall–Kier alpha value is -0.0400. The Morgan fingerprint density at radius 1 is 1.20 bits per heavy atom. The van der Waals surface area contributed by atoms with Crippen molar-refractivity contribution in [2.24, 2.45) is 11.8 Å². The van der Waals surface area contributed by atoms with Crippen LogP contribution in [0.15, 0.2) is 0 Å². The summed E-state index contributed by atoms with van der Waals surface area (Å²) in [7, 11) is 0. The molecule has 1 nitrogen and oxygen atoms in total. The van der Waals surface area contributed by atoms with Crippen LogP contribution < -0.4 is 0 Å². The van der Waals surface area contributed by atoms with Gasteiger partial charge in [0.1, 0.15) is 0 Å². The molecule has 0 spiro atoms. The van der Waals surface area contributed by atoms with Crippen LogP contribution >= 0.6 is 0 Å². The summed E-state index contributed by atoms with van der Waals surface area (Å²) in [4.78, 5) is 0. The van der Waals surface area contributed by atoms with Crippen molar-refractivity contribution in [3.8, 4) is 0 Å². The maximum absolute atomic E-state index is 6.12. The Kier molecular flexibility index (Phi) is 5.11. The van der Waals surface area contributed by atoms with Gasteiger partial charge in [0.25, 0.3) is 0 Å². The number of rotatable bonds is 5. The van der Waals surface area contributed by atoms with Crippen LogP contribution in [0.25, 0.3) is 0 Å². The molecule has 1 fully saturated rings. The first-order valence-electron chi connectivity index (χ1n) is 6.70. The lowest BCUT2D eigenvalue weighted by Gasteiger charge is -2.37. The molecule has 1 unspecified atom stereocenters. The summed E-state index contributed by atoms with van der Waals surface area (Å²) in [5.41, 5.74) is 0.101. The normalized spacial score (nSPS) is 21.6. The highest BCUT2D eigenvalue weighted by molar-refractivity contribution is 4.82. The molecule has 1 aliphatic rings. The van der Waals surface area contributed by atoms with E-state index in [9.17, 15) is 0 Å². The molecule has 1 saturated carbocycles. The van der Waals surface area contributed by atoms with Gasteiger partial charge < -0.3 is 4.74 Å². The third kappa shape index (κ3) is 4.14. The Balaban J connectivity index is 2.35. The molecule has 1 heteroatoms. The van der Waals surface area contributed by atoms with Gasteiger partial charge in [0.15, 0.2) is 0 Å². The summed E-state index contributed by atoms with van der Waals surface area (Å²) in [6.45, 7) is 10.0. The van der Waals surface area contributed by atoms with Gasteiger partial charge in [0, 0.05) is 6.61 Å². The average molecular weight is 212 g/mol. The predicted octanol–water partition coefficient (Wildman–Crippen LogP) is 4.41. The van der Waals surface area contributed by atoms with Crippen molar-refractivity contribution in [3.63, 3.8) is 0 Å². The zero-order valence-electron chi connectivity index (χ0n) is 11.0. The molecular formula is C14H28O. The maximum atomic E-state index is 6.12. The van der Waals surface area contributed by atoms with Crippen LogP contribution in [0.1, 0.15) is 66.2 Å². The smallest absolute Gasteiger partial charge is 0.0654 e. The van der Waals surface area contributed by atoms with Crippen molar-refractivity contribution in [3.05, 3.63) is 0 Å². The molecular weight excluding hydrogens is 184 g/mol. The molecule has 0 N–H and O–H groups in total. The van der Waals surface area contributed by atoms with Gasteiger partial charge in [-0.15, -0.1) is 0 Å². The second kappa shape index (κ2) is 5.89. The first-order chi connectivity index (χ1) is 7.06. The zero-order valence-corrected chi connectivity index (χ0v) is 11.0. The van der Waals surface area contributed by atoms with Gasteiger partial charge in [-0.3, -0.25) is 0 Å². The Morgan fingerprint density at radius 3 is 2.33 bits per heavy atom. The molecule has 0 aliphatic heterocycles. The van der Waals surface area contributed by atoms with Crippen molar-refractivity contribution in [1.29, 1.82) is 0 Å². The SMILES string of the molecule is CCC(C)COC(C)(C)C1CCCCC1. The summed E-state index contributed by atoms with van der Waals surface area (Å²) in [6.07, 6.45) is 8.20. The van der Waals surface area contributed by atoms with Gasteiger partial charge in [-0.25, -0.2) is 0 Å². The first-order valence-corrected chi connectivity index (χ1v) is 6.70. The molecule has 90 valence electrons. The van der Waals surface area contributed by atoms with Crippen LogP contribution in [-0.2, 0) is 4.74 Å². The third-order valence-electron chi connectivity index (χ3n) is 4.03. The Morgan fingerprint density at radius 2 is 1.80 bits per heavy atom. The standard InChI is InChI=1S/C14H28O/c1-5-12(2)11-15-14(3,4)13-9-7-6-8-10-13/h12-13H,5-11H2,1-4H3. The zero-order chi connectivity index (χ0) is 11.3. The van der Waals surface area contributed by atoms with Gasteiger partial charge in [-0.1, -0.05) is 39.5 Å². The summed E-state index contributed by atoms with van der Waals surface area (Å²) in [5, 5.41) is 0. The predicted molar refractivity (Wildman–Crippen MR) is 66.1 cm³/mol. The van der Waals surface area contributed by atoms with Crippen molar-refractivity contribution in [1.82, 2.24) is 0 Å². The molecule has 0 amide bonds. The first kappa shape index (κ1) is 13.0. The summed E-state index contributed by atoms with van der Waals surface area (Å²) in [5.74, 6) is 1.49. The van der Waals surface area contributed by atoms with Crippen LogP contribution in [0.3, 0.4) is 0 Å². The van der Waals surface area contributed by atoms with E-state index in [0.717, 1.165) is 12.5 Å². The molecule has 1 atom stereocenters. The topological polar surface area (TPSA) is 9.23 Å². The Labute approximate surface area is 95.6 Å². The van der Waals surface area contributed by atoms with E-state index in [0.29, 0.717) is 5.92 Å². The van der Waals surface area contributed by atoms with Crippen LogP contribution in [0.2, 0.25) is 0 Å². The van der Waals surface area contributed by atoms with E-state index in [1.165, 1.54) is 38.5 Å². The van der Waals surface area contributed by atoms with Gasteiger partial charge in [0.2, 0.25) is 0 Å². The summed E-state index contributed by atoms with van der Waals surface area (Å²) in [6, 6.07) is 0. The van der Waals surface area contributed by atoms with E-state index in [1.807, 2.05) is 0 Å². The maximum Gasteiger partial charge on any atom is 0.0654 e. The van der Waals surface area contributed by atoms with Gasteiger partial charge >= 0.3 is 0 Å². The van der Waals surface area contributed by atoms with Crippen molar-refractivity contribution >= 4 is 0 Å². The monoisotopic (exact) mass is 212 g/mol. The highest BCUT2D eigenvalue weighted by atomic mass is 16.5. The minimum atomic E-state index is 0.101. The summed E-state index contributed by atoms with van der Waals surface area (Å²) >= 11 is 0. The minimum Gasteiger partial charge on any atom is -0.375 e. The molecule has 15 heavy (non-hydrogen) atoms. The minimum absolute atomic E-state index is 0.101. The van der Waals surface area contributed by atoms with Crippen LogP contribution in [0.4, 0.5) is 0 Å². The quantitative estimate of drug-likeness (QED) is 0.656. The van der Waals surface area contributed by atoms with Crippen molar-refractivity contribution < 1.29 is 4.74 Å². The third-order valence-corrected chi connectivity index (χ3v) is 4.03. The lowest BCUT2D eigenvalue weighted by Crippen LogP contribution is -2.37. The fourth-order valence-electron chi connectivity index (χ4n) is 2.39. The number of ether oxygens (including phenoxy) is 1. The van der Waals surface area contributed by atoms with E-state index in [-0.39, 0.29) is 5.60 Å². The highest BCUT2D eigenvalue weighted by Gasteiger charge is 2.31. The lowest BCUT2D eigenvalue weighted by molar-refractivity contribution is -0.0814. The van der Waals surface area contributed by atoms with E-state index < -0.39 is 0 Å². The van der Waals surface area contributed by atoms with Gasteiger partial charge in [0.05, 0.1) is 5.60 Å². The molecule has 1 rings (SSSR count). The highest BCUT2D eigenvalue weighted by Crippen LogP contribution is 2.34. The Bertz CT molecular complexity index is 168. The van der Waals surface area contributed by atoms with E-state index >= 15 is 0 Å². The van der Waals surface area contributed by atoms with Gasteiger partial charge in [-0.05, 0) is 38.5 Å². The summed E-state index contributed by atoms with van der Waals surface area (Å²) < 4.78 is 6.12. The van der Waals surface area contributed by atoms with Crippen LogP contribution in [-0.4, -0.2) is 12.2 Å². The van der Waals surface area contributed by atoms with Gasteiger partial charge in [-0.2, -0.15) is 0 Å². The van der Waals surface area contributed by atoms with Crippen LogP contribution in [0.5, 0.6) is 0 Å².